The zero-order valence-electron chi connectivity index (χ0n) is 11.9. The number of carbonyl (C=O) groups excluding carboxylic acids is 1. The van der Waals surface area contributed by atoms with Crippen LogP contribution in [0.1, 0.15) is 23.2 Å². The molecule has 1 aromatic heterocycles. The van der Waals surface area contributed by atoms with Crippen LogP contribution < -0.4 is 10.6 Å². The number of amides is 2. The van der Waals surface area contributed by atoms with Crippen molar-refractivity contribution in [3.63, 3.8) is 0 Å². The highest BCUT2D eigenvalue weighted by Crippen LogP contribution is 2.24. The van der Waals surface area contributed by atoms with Gasteiger partial charge in [-0.25, -0.2) is 4.79 Å². The molecule has 1 aromatic carbocycles. The molecule has 1 aliphatic carbocycles. The van der Waals surface area contributed by atoms with Crippen molar-refractivity contribution in [2.75, 3.05) is 11.9 Å². The lowest BCUT2D eigenvalue weighted by Gasteiger charge is -2.09. The van der Waals surface area contributed by atoms with Gasteiger partial charge in [0.05, 0.1) is 0 Å². The molecule has 2 N–H and O–H groups in total. The highest BCUT2D eigenvalue weighted by Gasteiger charge is 2.11. The number of rotatable bonds is 4. The first-order chi connectivity index (χ1) is 10.3. The van der Waals surface area contributed by atoms with Gasteiger partial charge in [-0.15, -0.1) is 0 Å². The van der Waals surface area contributed by atoms with Crippen molar-refractivity contribution >= 4 is 11.7 Å². The van der Waals surface area contributed by atoms with E-state index in [0.717, 1.165) is 30.6 Å². The third-order valence-corrected chi connectivity index (χ3v) is 3.75. The van der Waals surface area contributed by atoms with E-state index in [4.69, 9.17) is 0 Å². The zero-order valence-corrected chi connectivity index (χ0v) is 11.9. The van der Waals surface area contributed by atoms with Gasteiger partial charge >= 0.3 is 6.03 Å². The quantitative estimate of drug-likeness (QED) is 0.905. The SMILES string of the molecule is O=C(NCCc1ccccn1)Nc1ccc2c(c1)CCC2. The second kappa shape index (κ2) is 6.39. The predicted octanol–water partition coefficient (Wildman–Crippen LogP) is 2.93. The van der Waals surface area contributed by atoms with Crippen LogP contribution in [0.5, 0.6) is 0 Å². The molecule has 4 nitrogen and oxygen atoms in total. The molecule has 108 valence electrons. The van der Waals surface area contributed by atoms with Gasteiger partial charge in [0.15, 0.2) is 0 Å². The molecule has 2 aromatic rings. The Morgan fingerprint density at radius 2 is 2.05 bits per heavy atom. The van der Waals surface area contributed by atoms with E-state index in [1.165, 1.54) is 17.5 Å². The standard InChI is InChI=1S/C17H19N3O/c21-17(19-11-9-15-6-1-2-10-18-15)20-16-8-7-13-4-3-5-14(13)12-16/h1-2,6-8,10,12H,3-5,9,11H2,(H2,19,20,21). The molecule has 0 bridgehead atoms. The van der Waals surface area contributed by atoms with Gasteiger partial charge < -0.3 is 10.6 Å². The molecule has 3 rings (SSSR count). The van der Waals surface area contributed by atoms with Crippen molar-refractivity contribution in [2.45, 2.75) is 25.7 Å². The van der Waals surface area contributed by atoms with Crippen LogP contribution in [0.4, 0.5) is 10.5 Å². The summed E-state index contributed by atoms with van der Waals surface area (Å²) in [4.78, 5) is 16.1. The highest BCUT2D eigenvalue weighted by molar-refractivity contribution is 5.89. The van der Waals surface area contributed by atoms with Gasteiger partial charge in [-0.1, -0.05) is 12.1 Å². The number of nitrogens with zero attached hydrogens (tertiary/aromatic N) is 1. The fraction of sp³-hybridized carbons (Fsp3) is 0.294. The number of benzene rings is 1. The van der Waals surface area contributed by atoms with E-state index in [2.05, 4.69) is 27.8 Å². The number of aryl methyl sites for hydroxylation is 2. The van der Waals surface area contributed by atoms with E-state index in [0.29, 0.717) is 6.54 Å². The van der Waals surface area contributed by atoms with E-state index < -0.39 is 0 Å². The lowest BCUT2D eigenvalue weighted by molar-refractivity contribution is 0.252. The molecule has 0 atom stereocenters. The lowest BCUT2D eigenvalue weighted by atomic mass is 10.1. The first-order valence-corrected chi connectivity index (χ1v) is 7.38. The van der Waals surface area contributed by atoms with Crippen molar-refractivity contribution in [1.82, 2.24) is 10.3 Å². The minimum Gasteiger partial charge on any atom is -0.337 e. The van der Waals surface area contributed by atoms with E-state index in [-0.39, 0.29) is 6.03 Å². The largest absolute Gasteiger partial charge is 0.337 e. The van der Waals surface area contributed by atoms with E-state index in [1.54, 1.807) is 6.20 Å². The van der Waals surface area contributed by atoms with Gasteiger partial charge in [0, 0.05) is 30.5 Å². The fourth-order valence-electron chi connectivity index (χ4n) is 2.67. The average molecular weight is 281 g/mol. The molecule has 1 heterocycles. The summed E-state index contributed by atoms with van der Waals surface area (Å²) in [5, 5.41) is 5.74. The number of pyridine rings is 1. The molecule has 1 aliphatic rings. The third kappa shape index (κ3) is 3.60. The lowest BCUT2D eigenvalue weighted by Crippen LogP contribution is -2.30. The number of aromatic nitrogens is 1. The molecule has 0 saturated carbocycles. The van der Waals surface area contributed by atoms with Crippen LogP contribution >= 0.6 is 0 Å². The van der Waals surface area contributed by atoms with Crippen LogP contribution in [0.25, 0.3) is 0 Å². The Morgan fingerprint density at radius 1 is 1.14 bits per heavy atom. The summed E-state index contributed by atoms with van der Waals surface area (Å²) in [6, 6.07) is 11.8. The average Bonchev–Trinajstić information content (AvgIpc) is 2.96. The summed E-state index contributed by atoms with van der Waals surface area (Å²) in [5.74, 6) is 0. The first kappa shape index (κ1) is 13.6. The van der Waals surface area contributed by atoms with Crippen LogP contribution in [0, 0.1) is 0 Å². The Labute approximate surface area is 124 Å². The Kier molecular flexibility index (Phi) is 4.15. The summed E-state index contributed by atoms with van der Waals surface area (Å²) in [7, 11) is 0. The number of hydrogen-bond donors (Lipinski definition) is 2. The maximum atomic E-state index is 11.9. The summed E-state index contributed by atoms with van der Waals surface area (Å²) in [6.07, 6.45) is 5.99. The van der Waals surface area contributed by atoms with Crippen molar-refractivity contribution in [3.05, 3.63) is 59.4 Å². The van der Waals surface area contributed by atoms with E-state index in [9.17, 15) is 4.79 Å². The minimum absolute atomic E-state index is 0.163. The molecular weight excluding hydrogens is 262 g/mol. The maximum Gasteiger partial charge on any atom is 0.319 e. The smallest absolute Gasteiger partial charge is 0.319 e. The van der Waals surface area contributed by atoms with E-state index in [1.807, 2.05) is 24.3 Å². The molecular formula is C17H19N3O. The number of anilines is 1. The zero-order chi connectivity index (χ0) is 14.5. The van der Waals surface area contributed by atoms with Gasteiger partial charge in [0.1, 0.15) is 0 Å². The Balaban J connectivity index is 1.48. The predicted molar refractivity (Wildman–Crippen MR) is 83.4 cm³/mol. The van der Waals surface area contributed by atoms with Crippen LogP contribution in [-0.4, -0.2) is 17.6 Å². The molecule has 0 saturated heterocycles. The molecule has 0 radical (unpaired) electrons. The van der Waals surface area contributed by atoms with Crippen molar-refractivity contribution in [3.8, 4) is 0 Å². The summed E-state index contributed by atoms with van der Waals surface area (Å²) in [6.45, 7) is 0.577. The Morgan fingerprint density at radius 3 is 2.90 bits per heavy atom. The highest BCUT2D eigenvalue weighted by atomic mass is 16.2. The van der Waals surface area contributed by atoms with Crippen molar-refractivity contribution in [2.24, 2.45) is 0 Å². The molecule has 2 amide bonds. The molecule has 0 unspecified atom stereocenters. The normalized spacial score (nSPS) is 12.8. The molecule has 0 fully saturated rings. The van der Waals surface area contributed by atoms with Crippen LogP contribution in [0.2, 0.25) is 0 Å². The summed E-state index contributed by atoms with van der Waals surface area (Å²) < 4.78 is 0. The third-order valence-electron chi connectivity index (χ3n) is 3.75. The van der Waals surface area contributed by atoms with Crippen molar-refractivity contribution < 1.29 is 4.79 Å². The molecule has 0 spiro atoms. The molecule has 0 aliphatic heterocycles. The van der Waals surface area contributed by atoms with E-state index >= 15 is 0 Å². The number of fused-ring (bicyclic) bond motifs is 1. The summed E-state index contributed by atoms with van der Waals surface area (Å²) in [5.41, 5.74) is 4.62. The Bertz CT molecular complexity index is 625. The minimum atomic E-state index is -0.163. The second-order valence-electron chi connectivity index (χ2n) is 5.29. The van der Waals surface area contributed by atoms with Gasteiger partial charge in [-0.05, 0) is 54.7 Å². The van der Waals surface area contributed by atoms with Gasteiger partial charge in [-0.3, -0.25) is 4.98 Å². The van der Waals surface area contributed by atoms with Crippen LogP contribution in [-0.2, 0) is 19.3 Å². The van der Waals surface area contributed by atoms with Crippen LogP contribution in [0.3, 0.4) is 0 Å². The van der Waals surface area contributed by atoms with Gasteiger partial charge in [-0.2, -0.15) is 0 Å². The monoisotopic (exact) mass is 281 g/mol. The van der Waals surface area contributed by atoms with Gasteiger partial charge in [0.2, 0.25) is 0 Å². The topological polar surface area (TPSA) is 54.0 Å². The maximum absolute atomic E-state index is 11.9. The number of carbonyl (C=O) groups is 1. The number of hydrogen-bond acceptors (Lipinski definition) is 2. The van der Waals surface area contributed by atoms with Crippen LogP contribution in [0.15, 0.2) is 42.6 Å². The molecule has 4 heteroatoms. The fourth-order valence-corrected chi connectivity index (χ4v) is 2.67. The Hall–Kier alpha value is -2.36. The number of urea groups is 1. The van der Waals surface area contributed by atoms with Crippen molar-refractivity contribution in [1.29, 1.82) is 0 Å². The first-order valence-electron chi connectivity index (χ1n) is 7.38. The van der Waals surface area contributed by atoms with Gasteiger partial charge in [0.25, 0.3) is 0 Å². The molecule has 21 heavy (non-hydrogen) atoms. The second-order valence-corrected chi connectivity index (χ2v) is 5.29. The number of nitrogens with one attached hydrogen (secondary N) is 2. The summed E-state index contributed by atoms with van der Waals surface area (Å²) >= 11 is 0.